The molecule has 92 valence electrons. The Labute approximate surface area is 98.6 Å². The fourth-order valence-corrected chi connectivity index (χ4v) is 1.60. The Kier molecular flexibility index (Phi) is 3.89. The molecule has 1 aromatic heterocycles. The second kappa shape index (κ2) is 5.60. The Bertz CT molecular complexity index is 391. The van der Waals surface area contributed by atoms with Crippen molar-refractivity contribution in [1.29, 1.82) is 0 Å². The highest BCUT2D eigenvalue weighted by Gasteiger charge is 2.15. The van der Waals surface area contributed by atoms with Gasteiger partial charge in [0.25, 0.3) is 0 Å². The van der Waals surface area contributed by atoms with Crippen LogP contribution in [0.5, 0.6) is 0 Å². The van der Waals surface area contributed by atoms with E-state index >= 15 is 0 Å². The van der Waals surface area contributed by atoms with E-state index in [9.17, 15) is 4.79 Å². The Balaban J connectivity index is 1.96. The summed E-state index contributed by atoms with van der Waals surface area (Å²) in [5, 5.41) is 12.0. The summed E-state index contributed by atoms with van der Waals surface area (Å²) >= 11 is 0. The van der Waals surface area contributed by atoms with Gasteiger partial charge in [-0.2, -0.15) is 0 Å². The van der Waals surface area contributed by atoms with E-state index in [1.807, 2.05) is 0 Å². The lowest BCUT2D eigenvalue weighted by molar-refractivity contribution is -0.0818. The molecule has 2 heterocycles. The third-order valence-corrected chi connectivity index (χ3v) is 2.46. The van der Waals surface area contributed by atoms with Gasteiger partial charge in [0.05, 0.1) is 43.4 Å². The summed E-state index contributed by atoms with van der Waals surface area (Å²) in [6, 6.07) is 1.46. The average Bonchev–Trinajstić information content (AvgIpc) is 2.38. The highest BCUT2D eigenvalue weighted by molar-refractivity contribution is 5.93. The zero-order valence-electron chi connectivity index (χ0n) is 9.26. The molecule has 2 N–H and O–H groups in total. The number of pyridine rings is 1. The van der Waals surface area contributed by atoms with Crippen LogP contribution in [0.2, 0.25) is 0 Å². The number of nitrogens with one attached hydrogen (secondary N) is 1. The molecule has 17 heavy (non-hydrogen) atoms. The Morgan fingerprint density at radius 2 is 2.47 bits per heavy atom. The molecule has 6 heteroatoms. The predicted molar refractivity (Wildman–Crippen MR) is 60.2 cm³/mol. The number of nitrogens with zero attached hydrogens (tertiary/aromatic N) is 1. The first kappa shape index (κ1) is 11.8. The molecule has 1 fully saturated rings. The number of anilines is 1. The minimum absolute atomic E-state index is 0.0504. The lowest BCUT2D eigenvalue weighted by Crippen LogP contribution is -2.34. The van der Waals surface area contributed by atoms with E-state index in [0.717, 1.165) is 0 Å². The topological polar surface area (TPSA) is 80.7 Å². The van der Waals surface area contributed by atoms with Gasteiger partial charge in [0.1, 0.15) is 0 Å². The third kappa shape index (κ3) is 3.15. The van der Waals surface area contributed by atoms with Gasteiger partial charge in [0.15, 0.2) is 0 Å². The molecule has 0 bridgehead atoms. The first-order valence-electron chi connectivity index (χ1n) is 5.38. The molecule has 0 radical (unpaired) electrons. The number of hydrogen-bond acceptors (Lipinski definition) is 5. The smallest absolute Gasteiger partial charge is 0.337 e. The van der Waals surface area contributed by atoms with Gasteiger partial charge in [-0.15, -0.1) is 0 Å². The summed E-state index contributed by atoms with van der Waals surface area (Å²) in [6.45, 7) is 2.22. The van der Waals surface area contributed by atoms with E-state index in [1.165, 1.54) is 18.5 Å². The molecule has 1 unspecified atom stereocenters. The number of hydrogen-bond donors (Lipinski definition) is 2. The largest absolute Gasteiger partial charge is 0.478 e. The van der Waals surface area contributed by atoms with Gasteiger partial charge in [0, 0.05) is 12.7 Å². The van der Waals surface area contributed by atoms with E-state index in [0.29, 0.717) is 32.1 Å². The van der Waals surface area contributed by atoms with Crippen molar-refractivity contribution in [1.82, 2.24) is 4.98 Å². The normalized spacial score (nSPS) is 19.9. The van der Waals surface area contributed by atoms with Crippen molar-refractivity contribution < 1.29 is 19.4 Å². The molecular weight excluding hydrogens is 224 g/mol. The van der Waals surface area contributed by atoms with Crippen LogP contribution in [0.25, 0.3) is 0 Å². The lowest BCUT2D eigenvalue weighted by atomic mass is 10.2. The minimum Gasteiger partial charge on any atom is -0.478 e. The number of ether oxygens (including phenoxy) is 2. The monoisotopic (exact) mass is 238 g/mol. The second-order valence-electron chi connectivity index (χ2n) is 3.68. The fourth-order valence-electron chi connectivity index (χ4n) is 1.60. The first-order chi connectivity index (χ1) is 8.27. The molecule has 1 aliphatic heterocycles. The molecule has 0 amide bonds. The van der Waals surface area contributed by atoms with E-state index in [4.69, 9.17) is 14.6 Å². The van der Waals surface area contributed by atoms with E-state index in [1.54, 1.807) is 0 Å². The zero-order chi connectivity index (χ0) is 12.1. The zero-order valence-corrected chi connectivity index (χ0v) is 9.26. The summed E-state index contributed by atoms with van der Waals surface area (Å²) in [6.07, 6.45) is 2.90. The maximum atomic E-state index is 10.9. The van der Waals surface area contributed by atoms with Crippen LogP contribution in [-0.4, -0.2) is 48.5 Å². The van der Waals surface area contributed by atoms with Crippen LogP contribution < -0.4 is 5.32 Å². The van der Waals surface area contributed by atoms with Crippen molar-refractivity contribution in [2.24, 2.45) is 0 Å². The van der Waals surface area contributed by atoms with E-state index < -0.39 is 5.97 Å². The standard InChI is InChI=1S/C11H14N2O4/c14-11(15)9-1-2-12-6-10(9)13-5-8-7-16-3-4-17-8/h1-2,6,8,13H,3-5,7H2,(H,14,15). The van der Waals surface area contributed by atoms with Crippen molar-refractivity contribution in [2.45, 2.75) is 6.10 Å². The van der Waals surface area contributed by atoms with Crippen molar-refractivity contribution in [2.75, 3.05) is 31.7 Å². The van der Waals surface area contributed by atoms with E-state index in [-0.39, 0.29) is 11.7 Å². The van der Waals surface area contributed by atoms with Crippen LogP contribution >= 0.6 is 0 Å². The number of rotatable bonds is 4. The summed E-state index contributed by atoms with van der Waals surface area (Å²) in [4.78, 5) is 14.8. The number of aromatic nitrogens is 1. The second-order valence-corrected chi connectivity index (χ2v) is 3.68. The highest BCUT2D eigenvalue weighted by Crippen LogP contribution is 2.13. The Hall–Kier alpha value is -1.66. The van der Waals surface area contributed by atoms with Crippen LogP contribution in [0.15, 0.2) is 18.5 Å². The molecule has 6 nitrogen and oxygen atoms in total. The first-order valence-corrected chi connectivity index (χ1v) is 5.38. The van der Waals surface area contributed by atoms with Crippen molar-refractivity contribution in [3.8, 4) is 0 Å². The number of carboxylic acids is 1. The molecule has 0 saturated carbocycles. The number of aromatic carboxylic acids is 1. The van der Waals surface area contributed by atoms with Gasteiger partial charge >= 0.3 is 5.97 Å². The predicted octanol–water partition coefficient (Wildman–Crippen LogP) is 0.607. The maximum absolute atomic E-state index is 10.9. The quantitative estimate of drug-likeness (QED) is 0.799. The molecule has 1 saturated heterocycles. The van der Waals surface area contributed by atoms with Crippen LogP contribution in [0.3, 0.4) is 0 Å². The fraction of sp³-hybridized carbons (Fsp3) is 0.455. The molecule has 2 rings (SSSR count). The molecule has 0 aromatic carbocycles. The van der Waals surface area contributed by atoms with Gasteiger partial charge in [-0.25, -0.2) is 4.79 Å². The molecule has 0 spiro atoms. The van der Waals surface area contributed by atoms with Crippen LogP contribution in [0.4, 0.5) is 5.69 Å². The molecule has 1 aromatic rings. The molecule has 0 aliphatic carbocycles. The van der Waals surface area contributed by atoms with Crippen LogP contribution in [0.1, 0.15) is 10.4 Å². The van der Waals surface area contributed by atoms with Crippen molar-refractivity contribution >= 4 is 11.7 Å². The summed E-state index contributed by atoms with van der Waals surface area (Å²) in [7, 11) is 0. The lowest BCUT2D eigenvalue weighted by Gasteiger charge is -2.23. The summed E-state index contributed by atoms with van der Waals surface area (Å²) < 4.78 is 10.7. The molecule has 1 aliphatic rings. The van der Waals surface area contributed by atoms with Crippen molar-refractivity contribution in [3.63, 3.8) is 0 Å². The highest BCUT2D eigenvalue weighted by atomic mass is 16.6. The Morgan fingerprint density at radius 3 is 3.18 bits per heavy atom. The van der Waals surface area contributed by atoms with Gasteiger partial charge < -0.3 is 19.9 Å². The van der Waals surface area contributed by atoms with Gasteiger partial charge in [0.2, 0.25) is 0 Å². The maximum Gasteiger partial charge on any atom is 0.337 e. The van der Waals surface area contributed by atoms with Gasteiger partial charge in [-0.05, 0) is 6.07 Å². The SMILES string of the molecule is O=C(O)c1ccncc1NCC1COCCO1. The van der Waals surface area contributed by atoms with E-state index in [2.05, 4.69) is 10.3 Å². The minimum atomic E-state index is -0.976. The third-order valence-electron chi connectivity index (χ3n) is 2.46. The number of carboxylic acid groups (broad SMARTS) is 1. The van der Waals surface area contributed by atoms with Crippen LogP contribution in [0, 0.1) is 0 Å². The number of carbonyl (C=O) groups is 1. The Morgan fingerprint density at radius 1 is 1.59 bits per heavy atom. The van der Waals surface area contributed by atoms with Gasteiger partial charge in [-0.3, -0.25) is 4.98 Å². The summed E-state index contributed by atoms with van der Waals surface area (Å²) in [5.41, 5.74) is 0.700. The molecular formula is C11H14N2O4. The van der Waals surface area contributed by atoms with Crippen LogP contribution in [-0.2, 0) is 9.47 Å². The average molecular weight is 238 g/mol. The van der Waals surface area contributed by atoms with Crippen molar-refractivity contribution in [3.05, 3.63) is 24.0 Å². The molecule has 1 atom stereocenters. The summed E-state index contributed by atoms with van der Waals surface area (Å²) in [5.74, 6) is -0.976. The van der Waals surface area contributed by atoms with Gasteiger partial charge in [-0.1, -0.05) is 0 Å².